The molecule has 1 N–H and O–H groups in total. The van der Waals surface area contributed by atoms with Gasteiger partial charge in [0.2, 0.25) is 15.9 Å². The van der Waals surface area contributed by atoms with Crippen LogP contribution in [0.3, 0.4) is 0 Å². The molecule has 0 heterocycles. The van der Waals surface area contributed by atoms with Gasteiger partial charge in [0.1, 0.15) is 5.75 Å². The molecule has 0 spiro atoms. The fraction of sp³-hybridized carbons (Fsp3) is 0.208. The molecule has 8 heteroatoms. The fourth-order valence-corrected chi connectivity index (χ4v) is 4.78. The first-order valence-corrected chi connectivity index (χ1v) is 11.8. The summed E-state index contributed by atoms with van der Waals surface area (Å²) in [5.74, 6) is -0.0803. The van der Waals surface area contributed by atoms with Crippen LogP contribution >= 0.6 is 11.6 Å². The molecule has 0 saturated heterocycles. The Hall–Kier alpha value is -2.87. The molecule has 0 saturated carbocycles. The summed E-state index contributed by atoms with van der Waals surface area (Å²) in [6.45, 7) is 3.49. The summed E-state index contributed by atoms with van der Waals surface area (Å²) in [6.07, 6.45) is 0. The van der Waals surface area contributed by atoms with Crippen molar-refractivity contribution in [3.63, 3.8) is 0 Å². The normalized spacial score (nSPS) is 11.4. The van der Waals surface area contributed by atoms with E-state index in [-0.39, 0.29) is 18.0 Å². The van der Waals surface area contributed by atoms with Crippen molar-refractivity contribution in [2.75, 3.05) is 19.0 Å². The van der Waals surface area contributed by atoms with Crippen molar-refractivity contribution in [3.05, 3.63) is 88.4 Å². The van der Waals surface area contributed by atoms with Gasteiger partial charge in [0.05, 0.1) is 24.2 Å². The molecule has 0 unspecified atom stereocenters. The number of aryl methyl sites for hydroxylation is 2. The molecule has 3 rings (SSSR count). The molecule has 0 aliphatic rings. The molecule has 0 radical (unpaired) electrons. The first-order valence-electron chi connectivity index (χ1n) is 9.95. The SMILES string of the molecule is COc1ccc(Cl)cc1NC(=O)CN(Cc1cccc(C)c1)S(=O)(=O)c1ccc(C)cc1. The van der Waals surface area contributed by atoms with Crippen LogP contribution in [0, 0.1) is 13.8 Å². The van der Waals surface area contributed by atoms with E-state index < -0.39 is 15.9 Å². The van der Waals surface area contributed by atoms with Crippen LogP contribution in [-0.4, -0.2) is 32.3 Å². The molecule has 3 aromatic carbocycles. The van der Waals surface area contributed by atoms with Crippen LogP contribution in [0.25, 0.3) is 0 Å². The second kappa shape index (κ2) is 10.2. The number of halogens is 1. The monoisotopic (exact) mass is 472 g/mol. The Balaban J connectivity index is 1.91. The van der Waals surface area contributed by atoms with E-state index in [9.17, 15) is 13.2 Å². The average molecular weight is 473 g/mol. The van der Waals surface area contributed by atoms with E-state index in [1.807, 2.05) is 38.1 Å². The number of methoxy groups -OCH3 is 1. The standard InChI is InChI=1S/C24H25ClN2O4S/c1-17-7-10-21(11-8-17)32(29,30)27(15-19-6-4-5-18(2)13-19)16-24(28)26-22-14-20(25)9-12-23(22)31-3/h4-14H,15-16H2,1-3H3,(H,26,28). The van der Waals surface area contributed by atoms with Gasteiger partial charge in [-0.2, -0.15) is 4.31 Å². The molecule has 3 aromatic rings. The van der Waals surface area contributed by atoms with Crippen molar-refractivity contribution >= 4 is 33.2 Å². The predicted octanol–water partition coefficient (Wildman–Crippen LogP) is 4.80. The Morgan fingerprint density at radius 1 is 1.00 bits per heavy atom. The van der Waals surface area contributed by atoms with Gasteiger partial charge in [-0.05, 0) is 49.7 Å². The maximum atomic E-state index is 13.4. The Labute approximate surface area is 193 Å². The molecule has 0 atom stereocenters. The molecule has 6 nitrogen and oxygen atoms in total. The van der Waals surface area contributed by atoms with E-state index in [1.165, 1.54) is 11.4 Å². The number of ether oxygens (including phenoxy) is 1. The van der Waals surface area contributed by atoms with E-state index in [0.717, 1.165) is 16.7 Å². The highest BCUT2D eigenvalue weighted by Crippen LogP contribution is 2.28. The topological polar surface area (TPSA) is 75.7 Å². The number of rotatable bonds is 8. The van der Waals surface area contributed by atoms with Crippen LogP contribution in [0.2, 0.25) is 5.02 Å². The number of sulfonamides is 1. The molecule has 0 aliphatic carbocycles. The minimum Gasteiger partial charge on any atom is -0.495 e. The summed E-state index contributed by atoms with van der Waals surface area (Å²) in [4.78, 5) is 13.0. The zero-order valence-electron chi connectivity index (χ0n) is 18.1. The number of amides is 1. The van der Waals surface area contributed by atoms with Gasteiger partial charge >= 0.3 is 0 Å². The Morgan fingerprint density at radius 2 is 1.72 bits per heavy atom. The Kier molecular flexibility index (Phi) is 7.56. The van der Waals surface area contributed by atoms with Crippen LogP contribution in [0.4, 0.5) is 5.69 Å². The molecule has 32 heavy (non-hydrogen) atoms. The zero-order chi connectivity index (χ0) is 23.3. The van der Waals surface area contributed by atoms with Crippen molar-refractivity contribution < 1.29 is 17.9 Å². The maximum Gasteiger partial charge on any atom is 0.243 e. The van der Waals surface area contributed by atoms with Crippen LogP contribution in [0.5, 0.6) is 5.75 Å². The maximum absolute atomic E-state index is 13.4. The van der Waals surface area contributed by atoms with Crippen LogP contribution < -0.4 is 10.1 Å². The minimum absolute atomic E-state index is 0.0536. The second-order valence-electron chi connectivity index (χ2n) is 7.47. The number of nitrogens with zero attached hydrogens (tertiary/aromatic N) is 1. The van der Waals surface area contributed by atoms with Gasteiger partial charge in [-0.3, -0.25) is 4.79 Å². The van der Waals surface area contributed by atoms with Gasteiger partial charge in [0.25, 0.3) is 0 Å². The largest absolute Gasteiger partial charge is 0.495 e. The van der Waals surface area contributed by atoms with Gasteiger partial charge in [0, 0.05) is 11.6 Å². The number of carbonyl (C=O) groups excluding carboxylic acids is 1. The summed E-state index contributed by atoms with van der Waals surface area (Å²) < 4.78 is 33.2. The Morgan fingerprint density at radius 3 is 2.38 bits per heavy atom. The predicted molar refractivity (Wildman–Crippen MR) is 127 cm³/mol. The van der Waals surface area contributed by atoms with E-state index in [0.29, 0.717) is 16.5 Å². The summed E-state index contributed by atoms with van der Waals surface area (Å²) in [7, 11) is -2.45. The lowest BCUT2D eigenvalue weighted by Crippen LogP contribution is -2.37. The molecular formula is C24H25ClN2O4S. The van der Waals surface area contributed by atoms with Crippen molar-refractivity contribution in [2.24, 2.45) is 0 Å². The number of benzene rings is 3. The van der Waals surface area contributed by atoms with E-state index in [1.54, 1.807) is 42.5 Å². The summed E-state index contributed by atoms with van der Waals surface area (Å²) in [5.41, 5.74) is 3.10. The lowest BCUT2D eigenvalue weighted by atomic mass is 10.1. The van der Waals surface area contributed by atoms with Crippen LogP contribution in [0.15, 0.2) is 71.6 Å². The quantitative estimate of drug-likeness (QED) is 0.511. The summed E-state index contributed by atoms with van der Waals surface area (Å²) in [5, 5.41) is 3.13. The molecule has 0 aromatic heterocycles. The van der Waals surface area contributed by atoms with E-state index >= 15 is 0 Å². The van der Waals surface area contributed by atoms with Gasteiger partial charge in [-0.1, -0.05) is 59.1 Å². The summed E-state index contributed by atoms with van der Waals surface area (Å²) >= 11 is 6.04. The number of anilines is 1. The first-order chi connectivity index (χ1) is 15.2. The van der Waals surface area contributed by atoms with Crippen molar-refractivity contribution in [3.8, 4) is 5.75 Å². The third kappa shape index (κ3) is 5.88. The van der Waals surface area contributed by atoms with Gasteiger partial charge in [-0.15, -0.1) is 0 Å². The molecule has 0 fully saturated rings. The lowest BCUT2D eigenvalue weighted by Gasteiger charge is -2.22. The highest BCUT2D eigenvalue weighted by atomic mass is 35.5. The fourth-order valence-electron chi connectivity index (χ4n) is 3.23. The van der Waals surface area contributed by atoms with E-state index in [2.05, 4.69) is 5.32 Å². The number of carbonyl (C=O) groups is 1. The van der Waals surface area contributed by atoms with Gasteiger partial charge in [-0.25, -0.2) is 8.42 Å². The van der Waals surface area contributed by atoms with Crippen LogP contribution in [-0.2, 0) is 21.4 Å². The third-order valence-electron chi connectivity index (χ3n) is 4.86. The summed E-state index contributed by atoms with van der Waals surface area (Å²) in [6, 6.07) is 18.9. The van der Waals surface area contributed by atoms with Gasteiger partial charge < -0.3 is 10.1 Å². The molecule has 0 bridgehead atoms. The van der Waals surface area contributed by atoms with E-state index in [4.69, 9.17) is 16.3 Å². The highest BCUT2D eigenvalue weighted by Gasteiger charge is 2.27. The Bertz CT molecular complexity index is 1210. The van der Waals surface area contributed by atoms with Crippen molar-refractivity contribution in [1.29, 1.82) is 0 Å². The number of nitrogens with one attached hydrogen (secondary N) is 1. The minimum atomic E-state index is -3.92. The average Bonchev–Trinajstić information content (AvgIpc) is 2.74. The first kappa shape index (κ1) is 23.8. The number of hydrogen-bond donors (Lipinski definition) is 1. The van der Waals surface area contributed by atoms with Crippen molar-refractivity contribution in [1.82, 2.24) is 4.31 Å². The highest BCUT2D eigenvalue weighted by molar-refractivity contribution is 7.89. The van der Waals surface area contributed by atoms with Crippen LogP contribution in [0.1, 0.15) is 16.7 Å². The van der Waals surface area contributed by atoms with Crippen molar-refractivity contribution in [2.45, 2.75) is 25.3 Å². The molecule has 0 aliphatic heterocycles. The molecule has 1 amide bonds. The lowest BCUT2D eigenvalue weighted by molar-refractivity contribution is -0.116. The number of hydrogen-bond acceptors (Lipinski definition) is 4. The molecule has 168 valence electrons. The zero-order valence-corrected chi connectivity index (χ0v) is 19.7. The van der Waals surface area contributed by atoms with Gasteiger partial charge in [0.15, 0.2) is 0 Å². The smallest absolute Gasteiger partial charge is 0.243 e. The second-order valence-corrected chi connectivity index (χ2v) is 9.84. The molecular weight excluding hydrogens is 448 g/mol. The third-order valence-corrected chi connectivity index (χ3v) is 6.90.